The zero-order valence-corrected chi connectivity index (χ0v) is 17.2. The number of hydrogen-bond donors (Lipinski definition) is 1. The molecule has 0 aliphatic heterocycles. The maximum atomic E-state index is 11.1. The van der Waals surface area contributed by atoms with Gasteiger partial charge in [-0.15, -0.1) is 0 Å². The number of ether oxygens (including phenoxy) is 1. The third kappa shape index (κ3) is 4.46. The van der Waals surface area contributed by atoms with Gasteiger partial charge in [0.2, 0.25) is 11.6 Å². The number of benzene rings is 3. The highest BCUT2D eigenvalue weighted by Gasteiger charge is 2.23. The first-order valence-corrected chi connectivity index (χ1v) is 9.69. The second-order valence-electron chi connectivity index (χ2n) is 6.80. The number of phenolic OH excluding ortho intramolecular Hbond substituents is 1. The van der Waals surface area contributed by atoms with Crippen molar-refractivity contribution in [1.29, 1.82) is 0 Å². The summed E-state index contributed by atoms with van der Waals surface area (Å²) in [7, 11) is 0. The van der Waals surface area contributed by atoms with Gasteiger partial charge in [0.15, 0.2) is 5.58 Å². The lowest BCUT2D eigenvalue weighted by Gasteiger charge is -2.02. The van der Waals surface area contributed by atoms with E-state index in [1.54, 1.807) is 18.2 Å². The quantitative estimate of drug-likeness (QED) is 0.231. The number of aliphatic imine (C=N–C) groups is 1. The Bertz CT molecular complexity index is 1390. The van der Waals surface area contributed by atoms with Crippen LogP contribution in [0.25, 0.3) is 22.6 Å². The fraction of sp³-hybridized carbons (Fsp3) is 0.0909. The number of aromatic nitrogens is 1. The van der Waals surface area contributed by atoms with E-state index in [9.17, 15) is 25.3 Å². The summed E-state index contributed by atoms with van der Waals surface area (Å²) in [5, 5.41) is 32.3. The fourth-order valence-electron chi connectivity index (χ4n) is 3.09. The van der Waals surface area contributed by atoms with E-state index in [2.05, 4.69) is 9.98 Å². The maximum absolute atomic E-state index is 11.1. The Kier molecular flexibility index (Phi) is 5.68. The molecule has 11 heteroatoms. The van der Waals surface area contributed by atoms with Crippen molar-refractivity contribution in [3.63, 3.8) is 0 Å². The molecule has 0 bridgehead atoms. The molecule has 11 nitrogen and oxygen atoms in total. The van der Waals surface area contributed by atoms with Crippen LogP contribution in [-0.2, 0) is 0 Å². The molecule has 0 saturated carbocycles. The highest BCUT2D eigenvalue weighted by atomic mass is 16.6. The number of rotatable bonds is 7. The molecule has 1 heterocycles. The van der Waals surface area contributed by atoms with Crippen LogP contribution < -0.4 is 4.74 Å². The predicted molar refractivity (Wildman–Crippen MR) is 119 cm³/mol. The molecule has 33 heavy (non-hydrogen) atoms. The SMILES string of the molecule is CCOc1ccc(-c2nc3cc(N=Cc4cc([N+](=O)[O-])cc([N+](=O)[O-])c4O)ccc3o2)cc1. The van der Waals surface area contributed by atoms with E-state index in [0.717, 1.165) is 23.6 Å². The Morgan fingerprint density at radius 3 is 2.52 bits per heavy atom. The van der Waals surface area contributed by atoms with Gasteiger partial charge in [0.25, 0.3) is 5.69 Å². The highest BCUT2D eigenvalue weighted by molar-refractivity contribution is 5.89. The van der Waals surface area contributed by atoms with Gasteiger partial charge < -0.3 is 14.3 Å². The Balaban J connectivity index is 1.65. The van der Waals surface area contributed by atoms with Crippen molar-refractivity contribution in [2.45, 2.75) is 6.92 Å². The monoisotopic (exact) mass is 448 g/mol. The van der Waals surface area contributed by atoms with Crippen LogP contribution >= 0.6 is 0 Å². The lowest BCUT2D eigenvalue weighted by atomic mass is 10.1. The molecule has 1 aromatic heterocycles. The van der Waals surface area contributed by atoms with Crippen LogP contribution in [0.1, 0.15) is 12.5 Å². The molecular formula is C22H16N4O7. The molecule has 0 aliphatic carbocycles. The summed E-state index contributed by atoms with van der Waals surface area (Å²) >= 11 is 0. The Morgan fingerprint density at radius 1 is 1.09 bits per heavy atom. The predicted octanol–water partition coefficient (Wildman–Crippen LogP) is 5.17. The number of phenols is 1. The molecule has 0 aliphatic rings. The number of non-ortho nitro benzene ring substituents is 1. The molecule has 1 N–H and O–H groups in total. The molecule has 0 fully saturated rings. The van der Waals surface area contributed by atoms with Crippen LogP contribution in [0, 0.1) is 20.2 Å². The lowest BCUT2D eigenvalue weighted by Crippen LogP contribution is -1.96. The molecule has 3 aromatic carbocycles. The van der Waals surface area contributed by atoms with Crippen molar-refractivity contribution in [2.75, 3.05) is 6.61 Å². The van der Waals surface area contributed by atoms with Crippen molar-refractivity contribution in [3.05, 3.63) is 80.4 Å². The van der Waals surface area contributed by atoms with E-state index in [1.807, 2.05) is 31.2 Å². The Labute approximate surface area is 185 Å². The standard InChI is InChI=1S/C22H16N4O7/c1-2-32-17-6-3-13(4-7-17)22-24-18-10-15(5-8-20(18)33-22)23-12-14-9-16(25(28)29)11-19(21(14)27)26(30)31/h3-12,27H,2H2,1H3. The molecular weight excluding hydrogens is 432 g/mol. The second kappa shape index (κ2) is 8.75. The minimum atomic E-state index is -0.899. The summed E-state index contributed by atoms with van der Waals surface area (Å²) < 4.78 is 11.2. The van der Waals surface area contributed by atoms with Crippen molar-refractivity contribution in [1.82, 2.24) is 4.98 Å². The fourth-order valence-corrected chi connectivity index (χ4v) is 3.09. The molecule has 166 valence electrons. The Hall–Kier alpha value is -4.80. The molecule has 0 spiro atoms. The van der Waals surface area contributed by atoms with Crippen LogP contribution in [0.3, 0.4) is 0 Å². The lowest BCUT2D eigenvalue weighted by molar-refractivity contribution is -0.394. The van der Waals surface area contributed by atoms with Crippen molar-refractivity contribution in [3.8, 4) is 23.0 Å². The van der Waals surface area contributed by atoms with Gasteiger partial charge in [0.05, 0.1) is 28.2 Å². The Morgan fingerprint density at radius 2 is 1.85 bits per heavy atom. The summed E-state index contributed by atoms with van der Waals surface area (Å²) in [6.45, 7) is 2.46. The van der Waals surface area contributed by atoms with E-state index in [1.165, 1.54) is 0 Å². The molecule has 4 aromatic rings. The van der Waals surface area contributed by atoms with Crippen LogP contribution in [-0.4, -0.2) is 32.8 Å². The largest absolute Gasteiger partial charge is 0.502 e. The number of hydrogen-bond acceptors (Lipinski definition) is 9. The third-order valence-corrected chi connectivity index (χ3v) is 4.65. The van der Waals surface area contributed by atoms with Gasteiger partial charge >= 0.3 is 5.69 Å². The van der Waals surface area contributed by atoms with E-state index in [-0.39, 0.29) is 5.56 Å². The van der Waals surface area contributed by atoms with Gasteiger partial charge in [-0.05, 0) is 49.4 Å². The van der Waals surface area contributed by atoms with Gasteiger partial charge in [0.1, 0.15) is 11.3 Å². The van der Waals surface area contributed by atoms with Crippen LogP contribution in [0.4, 0.5) is 17.1 Å². The number of nitrogens with zero attached hydrogens (tertiary/aromatic N) is 4. The highest BCUT2D eigenvalue weighted by Crippen LogP contribution is 2.34. The summed E-state index contributed by atoms with van der Waals surface area (Å²) in [5.74, 6) is 0.425. The molecule has 0 amide bonds. The van der Waals surface area contributed by atoms with Crippen LogP contribution in [0.15, 0.2) is 64.0 Å². The van der Waals surface area contributed by atoms with Gasteiger partial charge in [-0.25, -0.2) is 4.98 Å². The second-order valence-corrected chi connectivity index (χ2v) is 6.80. The molecule has 4 rings (SSSR count). The van der Waals surface area contributed by atoms with Gasteiger partial charge in [-0.2, -0.15) is 0 Å². The van der Waals surface area contributed by atoms with Crippen molar-refractivity contribution < 1.29 is 24.1 Å². The number of nitro groups is 2. The smallest absolute Gasteiger partial charge is 0.318 e. The maximum Gasteiger partial charge on any atom is 0.318 e. The molecule has 0 radical (unpaired) electrons. The molecule has 0 saturated heterocycles. The first-order valence-electron chi connectivity index (χ1n) is 9.69. The van der Waals surface area contributed by atoms with Gasteiger partial charge in [-0.3, -0.25) is 25.2 Å². The number of oxazole rings is 1. The molecule has 0 atom stereocenters. The number of nitro benzene ring substituents is 2. The van der Waals surface area contributed by atoms with Gasteiger partial charge in [-0.1, -0.05) is 0 Å². The first kappa shape index (κ1) is 21.4. The summed E-state index contributed by atoms with van der Waals surface area (Å²) in [4.78, 5) is 29.1. The van der Waals surface area contributed by atoms with E-state index in [0.29, 0.717) is 35.4 Å². The van der Waals surface area contributed by atoms with Crippen molar-refractivity contribution >= 4 is 34.4 Å². The summed E-state index contributed by atoms with van der Waals surface area (Å²) in [6, 6.07) is 13.9. The van der Waals surface area contributed by atoms with Gasteiger partial charge in [0, 0.05) is 23.4 Å². The zero-order valence-electron chi connectivity index (χ0n) is 17.2. The van der Waals surface area contributed by atoms with E-state index in [4.69, 9.17) is 9.15 Å². The third-order valence-electron chi connectivity index (χ3n) is 4.65. The summed E-state index contributed by atoms with van der Waals surface area (Å²) in [6.07, 6.45) is 1.12. The average molecular weight is 448 g/mol. The van der Waals surface area contributed by atoms with Crippen LogP contribution in [0.5, 0.6) is 11.5 Å². The topological polar surface area (TPSA) is 154 Å². The minimum Gasteiger partial charge on any atom is -0.502 e. The average Bonchev–Trinajstić information content (AvgIpc) is 3.22. The first-order chi connectivity index (χ1) is 15.9. The number of fused-ring (bicyclic) bond motifs is 1. The minimum absolute atomic E-state index is 0.161. The normalized spacial score (nSPS) is 11.2. The van der Waals surface area contributed by atoms with Crippen molar-refractivity contribution in [2.24, 2.45) is 4.99 Å². The zero-order chi connectivity index (χ0) is 23.5. The number of aromatic hydroxyl groups is 1. The van der Waals surface area contributed by atoms with Crippen LogP contribution in [0.2, 0.25) is 0 Å². The van der Waals surface area contributed by atoms with E-state index < -0.39 is 27.0 Å². The molecule has 0 unspecified atom stereocenters. The van der Waals surface area contributed by atoms with E-state index >= 15 is 0 Å². The summed E-state index contributed by atoms with van der Waals surface area (Å²) in [5.41, 5.74) is 0.724.